The predicted molar refractivity (Wildman–Crippen MR) is 82.0 cm³/mol. The van der Waals surface area contributed by atoms with E-state index < -0.39 is 0 Å². The summed E-state index contributed by atoms with van der Waals surface area (Å²) in [7, 11) is 0. The van der Waals surface area contributed by atoms with Crippen molar-refractivity contribution < 1.29 is 4.79 Å². The fourth-order valence-corrected chi connectivity index (χ4v) is 2.59. The van der Waals surface area contributed by atoms with Crippen molar-refractivity contribution in [3.63, 3.8) is 0 Å². The molecule has 1 amide bonds. The van der Waals surface area contributed by atoms with Gasteiger partial charge in [-0.25, -0.2) is 0 Å². The quantitative estimate of drug-likeness (QED) is 0.835. The number of rotatable bonds is 2. The maximum atomic E-state index is 11.8. The minimum atomic E-state index is -0.0183. The second kappa shape index (κ2) is 5.06. The van der Waals surface area contributed by atoms with E-state index in [9.17, 15) is 4.79 Å². The van der Waals surface area contributed by atoms with Crippen LogP contribution in [0.15, 0.2) is 42.5 Å². The molecule has 102 valence electrons. The number of nitrogen functional groups attached to an aromatic ring is 1. The van der Waals surface area contributed by atoms with E-state index in [4.69, 9.17) is 17.3 Å². The van der Waals surface area contributed by atoms with E-state index in [2.05, 4.69) is 5.32 Å². The number of para-hydroxylation sites is 2. The van der Waals surface area contributed by atoms with Crippen LogP contribution in [0.25, 0.3) is 0 Å². The van der Waals surface area contributed by atoms with Crippen LogP contribution in [0.3, 0.4) is 0 Å². The van der Waals surface area contributed by atoms with Gasteiger partial charge in [0.15, 0.2) is 0 Å². The number of hydrogen-bond donors (Lipinski definition) is 2. The molecular weight excluding hydrogens is 274 g/mol. The Morgan fingerprint density at radius 3 is 2.85 bits per heavy atom. The van der Waals surface area contributed by atoms with E-state index >= 15 is 0 Å². The molecule has 0 bridgehead atoms. The Kier molecular flexibility index (Phi) is 3.24. The van der Waals surface area contributed by atoms with Crippen LogP contribution in [0.5, 0.6) is 0 Å². The third-order valence-corrected chi connectivity index (χ3v) is 3.64. The maximum absolute atomic E-state index is 11.8. The van der Waals surface area contributed by atoms with Crippen molar-refractivity contribution in [2.75, 3.05) is 22.5 Å². The van der Waals surface area contributed by atoms with E-state index in [-0.39, 0.29) is 5.91 Å². The Morgan fingerprint density at radius 1 is 1.25 bits per heavy atom. The van der Waals surface area contributed by atoms with Gasteiger partial charge in [-0.05, 0) is 29.8 Å². The number of hydrogen-bond acceptors (Lipinski definition) is 3. The van der Waals surface area contributed by atoms with Gasteiger partial charge in [-0.15, -0.1) is 0 Å². The minimum Gasteiger partial charge on any atom is -0.399 e. The normalized spacial score (nSPS) is 13.8. The molecule has 0 atom stereocenters. The van der Waals surface area contributed by atoms with Gasteiger partial charge < -0.3 is 16.0 Å². The Hall–Kier alpha value is -2.20. The van der Waals surface area contributed by atoms with E-state index in [0.29, 0.717) is 23.8 Å². The molecule has 0 aromatic heterocycles. The summed E-state index contributed by atoms with van der Waals surface area (Å²) in [5.74, 6) is -0.0183. The molecule has 1 aliphatic rings. The van der Waals surface area contributed by atoms with E-state index in [1.165, 1.54) is 0 Å². The largest absolute Gasteiger partial charge is 0.399 e. The Balaban J connectivity index is 1.93. The predicted octanol–water partition coefficient (Wildman–Crippen LogP) is 2.88. The van der Waals surface area contributed by atoms with Crippen molar-refractivity contribution in [2.45, 2.75) is 6.54 Å². The summed E-state index contributed by atoms with van der Waals surface area (Å²) in [6, 6.07) is 13.2. The number of carbonyl (C=O) groups excluding carboxylic acids is 1. The smallest absolute Gasteiger partial charge is 0.243 e. The highest BCUT2D eigenvalue weighted by Crippen LogP contribution is 2.31. The number of nitrogens with zero attached hydrogens (tertiary/aromatic N) is 1. The lowest BCUT2D eigenvalue weighted by atomic mass is 10.1. The van der Waals surface area contributed by atoms with Gasteiger partial charge in [0.25, 0.3) is 0 Å². The molecule has 0 unspecified atom stereocenters. The van der Waals surface area contributed by atoms with Gasteiger partial charge >= 0.3 is 0 Å². The van der Waals surface area contributed by atoms with Gasteiger partial charge in [-0.1, -0.05) is 29.8 Å². The summed E-state index contributed by atoms with van der Waals surface area (Å²) in [5.41, 5.74) is 9.11. The SMILES string of the molecule is Nc1ccc(CN2CC(=O)Nc3ccccc32)c(Cl)c1. The molecule has 0 saturated heterocycles. The van der Waals surface area contributed by atoms with E-state index in [1.807, 2.05) is 41.3 Å². The molecule has 1 aliphatic heterocycles. The Bertz CT molecular complexity index is 672. The van der Waals surface area contributed by atoms with Crippen molar-refractivity contribution in [3.05, 3.63) is 53.1 Å². The molecule has 4 nitrogen and oxygen atoms in total. The fraction of sp³-hybridized carbons (Fsp3) is 0.133. The van der Waals surface area contributed by atoms with Crippen molar-refractivity contribution >= 4 is 34.6 Å². The number of amides is 1. The Morgan fingerprint density at radius 2 is 2.05 bits per heavy atom. The van der Waals surface area contributed by atoms with Gasteiger partial charge in [0, 0.05) is 17.3 Å². The number of benzene rings is 2. The van der Waals surface area contributed by atoms with Crippen LogP contribution in [0.2, 0.25) is 5.02 Å². The molecule has 20 heavy (non-hydrogen) atoms. The standard InChI is InChI=1S/C15H14ClN3O/c16-12-7-11(17)6-5-10(12)8-19-9-15(20)18-13-3-1-2-4-14(13)19/h1-7H,8-9,17H2,(H,18,20). The minimum absolute atomic E-state index is 0.0183. The molecule has 0 aliphatic carbocycles. The van der Waals surface area contributed by atoms with E-state index in [1.54, 1.807) is 6.07 Å². The average Bonchev–Trinajstić information content (AvgIpc) is 2.41. The molecule has 2 aromatic carbocycles. The Labute approximate surface area is 122 Å². The van der Waals surface area contributed by atoms with Gasteiger partial charge in [0.1, 0.15) is 0 Å². The highest BCUT2D eigenvalue weighted by atomic mass is 35.5. The number of carbonyl (C=O) groups is 1. The first-order chi connectivity index (χ1) is 9.63. The van der Waals surface area contributed by atoms with Crippen LogP contribution in [-0.2, 0) is 11.3 Å². The lowest BCUT2D eigenvalue weighted by molar-refractivity contribution is -0.115. The van der Waals surface area contributed by atoms with Crippen LogP contribution in [0.4, 0.5) is 17.1 Å². The molecule has 3 N–H and O–H groups in total. The zero-order valence-electron chi connectivity index (χ0n) is 10.8. The molecule has 0 radical (unpaired) electrons. The summed E-state index contributed by atoms with van der Waals surface area (Å²) < 4.78 is 0. The van der Waals surface area contributed by atoms with Gasteiger partial charge in [-0.3, -0.25) is 4.79 Å². The molecule has 0 spiro atoms. The molecular formula is C15H14ClN3O. The zero-order chi connectivity index (χ0) is 14.1. The van der Waals surface area contributed by atoms with Crippen LogP contribution in [-0.4, -0.2) is 12.5 Å². The van der Waals surface area contributed by atoms with Crippen molar-refractivity contribution in [1.82, 2.24) is 0 Å². The number of halogens is 1. The fourth-order valence-electron chi connectivity index (χ4n) is 2.34. The van der Waals surface area contributed by atoms with Gasteiger partial charge in [0.2, 0.25) is 5.91 Å². The lowest BCUT2D eigenvalue weighted by Gasteiger charge is -2.31. The average molecular weight is 288 g/mol. The van der Waals surface area contributed by atoms with Crippen LogP contribution < -0.4 is 16.0 Å². The lowest BCUT2D eigenvalue weighted by Crippen LogP contribution is -2.37. The number of anilines is 3. The number of fused-ring (bicyclic) bond motifs is 1. The summed E-state index contributed by atoms with van der Waals surface area (Å²) in [6.07, 6.45) is 0. The summed E-state index contributed by atoms with van der Waals surface area (Å²) in [4.78, 5) is 13.8. The van der Waals surface area contributed by atoms with Gasteiger partial charge in [-0.2, -0.15) is 0 Å². The highest BCUT2D eigenvalue weighted by Gasteiger charge is 2.21. The first-order valence-corrected chi connectivity index (χ1v) is 6.69. The van der Waals surface area contributed by atoms with Crippen LogP contribution in [0.1, 0.15) is 5.56 Å². The molecule has 2 aromatic rings. The first-order valence-electron chi connectivity index (χ1n) is 6.31. The molecule has 0 saturated carbocycles. The summed E-state index contributed by atoms with van der Waals surface area (Å²) in [5, 5.41) is 3.48. The summed E-state index contributed by atoms with van der Waals surface area (Å²) in [6.45, 7) is 0.890. The van der Waals surface area contributed by atoms with Crippen molar-refractivity contribution in [1.29, 1.82) is 0 Å². The topological polar surface area (TPSA) is 58.4 Å². The monoisotopic (exact) mass is 287 g/mol. The van der Waals surface area contributed by atoms with Crippen LogP contribution in [0, 0.1) is 0 Å². The van der Waals surface area contributed by atoms with Crippen molar-refractivity contribution in [2.24, 2.45) is 0 Å². The second-order valence-corrected chi connectivity index (χ2v) is 5.18. The number of nitrogens with two attached hydrogens (primary N) is 1. The third-order valence-electron chi connectivity index (χ3n) is 3.29. The van der Waals surface area contributed by atoms with Crippen LogP contribution >= 0.6 is 11.6 Å². The van der Waals surface area contributed by atoms with Crippen molar-refractivity contribution in [3.8, 4) is 0 Å². The zero-order valence-corrected chi connectivity index (χ0v) is 11.5. The first kappa shape index (κ1) is 12.8. The second-order valence-electron chi connectivity index (χ2n) is 4.77. The molecule has 0 fully saturated rings. The maximum Gasteiger partial charge on any atom is 0.243 e. The molecule has 5 heteroatoms. The summed E-state index contributed by atoms with van der Waals surface area (Å²) >= 11 is 6.21. The number of nitrogens with one attached hydrogen (secondary N) is 1. The third kappa shape index (κ3) is 2.42. The van der Waals surface area contributed by atoms with Gasteiger partial charge in [0.05, 0.1) is 17.9 Å². The highest BCUT2D eigenvalue weighted by molar-refractivity contribution is 6.31. The molecule has 1 heterocycles. The van der Waals surface area contributed by atoms with E-state index in [0.717, 1.165) is 16.9 Å². The molecule has 3 rings (SSSR count).